The highest BCUT2D eigenvalue weighted by molar-refractivity contribution is 14.0. The van der Waals surface area contributed by atoms with Crippen LogP contribution in [0.1, 0.15) is 62.1 Å². The molecule has 2 rings (SSSR count). The fourth-order valence-electron chi connectivity index (χ4n) is 3.20. The first-order valence-electron chi connectivity index (χ1n) is 10.3. The summed E-state index contributed by atoms with van der Waals surface area (Å²) in [5, 5.41) is 10.9. The number of nitrogens with one attached hydrogen (secondary N) is 2. The highest BCUT2D eigenvalue weighted by Gasteiger charge is 2.13. The van der Waals surface area contributed by atoms with Crippen molar-refractivity contribution in [2.24, 2.45) is 4.99 Å². The van der Waals surface area contributed by atoms with Crippen LogP contribution >= 0.6 is 24.0 Å². The van der Waals surface area contributed by atoms with E-state index in [-0.39, 0.29) is 24.0 Å². The van der Waals surface area contributed by atoms with Crippen LogP contribution in [0.15, 0.2) is 39.8 Å². The van der Waals surface area contributed by atoms with Crippen LogP contribution in [0.5, 0.6) is 0 Å². The van der Waals surface area contributed by atoms with Crippen molar-refractivity contribution in [3.05, 3.63) is 52.9 Å². The Hall–Kier alpha value is -1.61. The van der Waals surface area contributed by atoms with Crippen molar-refractivity contribution in [1.82, 2.24) is 20.7 Å². The summed E-state index contributed by atoms with van der Waals surface area (Å²) in [7, 11) is 4.16. The van der Waals surface area contributed by atoms with E-state index in [0.717, 1.165) is 43.3 Å². The predicted octanol–water partition coefficient (Wildman–Crippen LogP) is 4.51. The second-order valence-corrected chi connectivity index (χ2v) is 7.29. The molecule has 29 heavy (non-hydrogen) atoms. The van der Waals surface area contributed by atoms with Crippen LogP contribution in [0.2, 0.25) is 0 Å². The van der Waals surface area contributed by atoms with Gasteiger partial charge in [-0.2, -0.15) is 0 Å². The molecule has 0 amide bonds. The summed E-state index contributed by atoms with van der Waals surface area (Å²) in [6.07, 6.45) is 2.15. The number of halogens is 1. The average molecular weight is 513 g/mol. The van der Waals surface area contributed by atoms with E-state index in [9.17, 15) is 0 Å². The minimum atomic E-state index is 0. The monoisotopic (exact) mass is 513 g/mol. The Kier molecular flexibility index (Phi) is 11.9. The largest absolute Gasteiger partial charge is 0.359 e. The van der Waals surface area contributed by atoms with Gasteiger partial charge in [0.15, 0.2) is 11.7 Å². The second kappa shape index (κ2) is 13.6. The molecule has 0 bridgehead atoms. The number of guanidine groups is 1. The van der Waals surface area contributed by atoms with Crippen molar-refractivity contribution in [2.45, 2.75) is 59.2 Å². The summed E-state index contributed by atoms with van der Waals surface area (Å²) in [5.74, 6) is 2.08. The van der Waals surface area contributed by atoms with Gasteiger partial charge in [0.1, 0.15) is 0 Å². The zero-order valence-electron chi connectivity index (χ0n) is 18.4. The van der Waals surface area contributed by atoms with E-state index in [1.807, 2.05) is 0 Å². The highest BCUT2D eigenvalue weighted by atomic mass is 127. The molecule has 1 heterocycles. The Balaban J connectivity index is 0.00000420. The molecule has 0 aliphatic carbocycles. The fourth-order valence-corrected chi connectivity index (χ4v) is 3.20. The van der Waals surface area contributed by atoms with Crippen molar-refractivity contribution in [3.63, 3.8) is 0 Å². The molecule has 0 aliphatic rings. The Morgan fingerprint density at radius 1 is 1.10 bits per heavy atom. The van der Waals surface area contributed by atoms with Crippen LogP contribution in [0.25, 0.3) is 0 Å². The smallest absolute Gasteiger partial charge is 0.191 e. The molecule has 2 N–H and O–H groups in total. The van der Waals surface area contributed by atoms with E-state index in [4.69, 9.17) is 9.52 Å². The van der Waals surface area contributed by atoms with E-state index >= 15 is 0 Å². The first-order chi connectivity index (χ1) is 13.6. The Morgan fingerprint density at radius 2 is 1.79 bits per heavy atom. The third-order valence-electron chi connectivity index (χ3n) is 4.77. The van der Waals surface area contributed by atoms with E-state index in [0.29, 0.717) is 19.0 Å². The van der Waals surface area contributed by atoms with E-state index in [1.54, 1.807) is 0 Å². The summed E-state index contributed by atoms with van der Waals surface area (Å²) in [4.78, 5) is 6.93. The molecule has 1 aromatic carbocycles. The van der Waals surface area contributed by atoms with Crippen LogP contribution in [-0.2, 0) is 19.6 Å². The van der Waals surface area contributed by atoms with E-state index in [2.05, 4.69) is 85.9 Å². The molecule has 6 nitrogen and oxygen atoms in total. The minimum Gasteiger partial charge on any atom is -0.359 e. The topological polar surface area (TPSA) is 65.7 Å². The molecule has 0 aliphatic heterocycles. The van der Waals surface area contributed by atoms with Gasteiger partial charge < -0.3 is 20.1 Å². The lowest BCUT2D eigenvalue weighted by Gasteiger charge is -2.14. The van der Waals surface area contributed by atoms with Crippen molar-refractivity contribution in [1.29, 1.82) is 0 Å². The molecule has 2 aromatic rings. The second-order valence-electron chi connectivity index (χ2n) is 7.29. The predicted molar refractivity (Wildman–Crippen MR) is 131 cm³/mol. The molecule has 0 atom stereocenters. The summed E-state index contributed by atoms with van der Waals surface area (Å²) >= 11 is 0. The molecule has 1 aromatic heterocycles. The number of aromatic nitrogens is 1. The van der Waals surface area contributed by atoms with Gasteiger partial charge in [-0.1, -0.05) is 43.3 Å². The number of nitrogens with zero attached hydrogens (tertiary/aromatic N) is 3. The summed E-state index contributed by atoms with van der Waals surface area (Å²) in [6.45, 7) is 9.35. The molecular weight excluding hydrogens is 477 g/mol. The first-order valence-corrected chi connectivity index (χ1v) is 10.3. The van der Waals surface area contributed by atoms with Gasteiger partial charge >= 0.3 is 0 Å². The van der Waals surface area contributed by atoms with Gasteiger partial charge in [-0.3, -0.25) is 0 Å². The summed E-state index contributed by atoms with van der Waals surface area (Å²) < 4.78 is 5.50. The number of benzene rings is 1. The Morgan fingerprint density at radius 3 is 2.41 bits per heavy atom. The highest BCUT2D eigenvalue weighted by Crippen LogP contribution is 2.22. The van der Waals surface area contributed by atoms with Crippen molar-refractivity contribution >= 4 is 29.9 Å². The number of aliphatic imine (C=N–C) groups is 1. The number of rotatable bonds is 10. The lowest BCUT2D eigenvalue weighted by atomic mass is 9.99. The summed E-state index contributed by atoms with van der Waals surface area (Å²) in [5.41, 5.74) is 3.59. The standard InChI is InChI=1S/C22H35N5O.HI/c1-6-17(7-2)21-13-20(28-26-21)15-25-22(23-8-3)24-14-18-11-9-10-12-19(18)16-27(4)5;/h9-13,17H,6-8,14-16H2,1-5H3,(H2,23,24,25);1H. The zero-order chi connectivity index (χ0) is 20.4. The molecular formula is C22H36IN5O. The molecule has 0 radical (unpaired) electrons. The Labute approximate surface area is 192 Å². The maximum atomic E-state index is 5.50. The number of hydrogen-bond acceptors (Lipinski definition) is 4. The normalized spacial score (nSPS) is 11.6. The fraction of sp³-hybridized carbons (Fsp3) is 0.545. The van der Waals surface area contributed by atoms with Crippen LogP contribution in [0, 0.1) is 0 Å². The molecule has 0 saturated heterocycles. The third kappa shape index (κ3) is 8.34. The Bertz CT molecular complexity index is 740. The third-order valence-corrected chi connectivity index (χ3v) is 4.77. The van der Waals surface area contributed by atoms with Crippen molar-refractivity contribution in [2.75, 3.05) is 20.6 Å². The van der Waals surface area contributed by atoms with Gasteiger partial charge in [0.2, 0.25) is 0 Å². The van der Waals surface area contributed by atoms with E-state index in [1.165, 1.54) is 11.1 Å². The lowest BCUT2D eigenvalue weighted by molar-refractivity contribution is 0.368. The van der Waals surface area contributed by atoms with Crippen molar-refractivity contribution < 1.29 is 4.52 Å². The maximum absolute atomic E-state index is 5.50. The molecule has 162 valence electrons. The van der Waals surface area contributed by atoms with Gasteiger partial charge in [-0.25, -0.2) is 4.99 Å². The van der Waals surface area contributed by atoms with Crippen molar-refractivity contribution in [3.8, 4) is 0 Å². The van der Waals surface area contributed by atoms with Crippen LogP contribution in [-0.4, -0.2) is 36.7 Å². The molecule has 0 unspecified atom stereocenters. The summed E-state index contributed by atoms with van der Waals surface area (Å²) in [6, 6.07) is 10.5. The van der Waals surface area contributed by atoms with Gasteiger partial charge in [0.05, 0.1) is 18.8 Å². The maximum Gasteiger partial charge on any atom is 0.191 e. The van der Waals surface area contributed by atoms with Gasteiger partial charge in [-0.05, 0) is 45.0 Å². The van der Waals surface area contributed by atoms with Crippen LogP contribution in [0.3, 0.4) is 0 Å². The quantitative estimate of drug-likeness (QED) is 0.278. The molecule has 0 spiro atoms. The number of hydrogen-bond donors (Lipinski definition) is 2. The van der Waals surface area contributed by atoms with Gasteiger partial charge in [0.25, 0.3) is 0 Å². The lowest BCUT2D eigenvalue weighted by Crippen LogP contribution is -2.36. The SMILES string of the molecule is CCNC(=NCc1ccccc1CN(C)C)NCc1cc(C(CC)CC)no1.I. The molecule has 0 saturated carbocycles. The molecule has 0 fully saturated rings. The van der Waals surface area contributed by atoms with Gasteiger partial charge in [0, 0.05) is 25.1 Å². The van der Waals surface area contributed by atoms with Crippen LogP contribution < -0.4 is 10.6 Å². The van der Waals surface area contributed by atoms with Gasteiger partial charge in [-0.15, -0.1) is 24.0 Å². The minimum absolute atomic E-state index is 0. The zero-order valence-corrected chi connectivity index (χ0v) is 20.7. The molecule has 7 heteroatoms. The van der Waals surface area contributed by atoms with E-state index < -0.39 is 0 Å². The van der Waals surface area contributed by atoms with Crippen LogP contribution in [0.4, 0.5) is 0 Å². The first kappa shape index (κ1) is 25.4. The average Bonchev–Trinajstić information content (AvgIpc) is 3.14.